The Morgan fingerprint density at radius 3 is 1.75 bits per heavy atom. The van der Waals surface area contributed by atoms with E-state index in [1.165, 1.54) is 10.8 Å². The number of hydrogen-bond acceptors (Lipinski definition) is 2. The zero-order valence-electron chi connectivity index (χ0n) is 34.9. The molecule has 0 aliphatic heterocycles. The minimum Gasteiger partial charge on any atom is -0.456 e. The zero-order chi connectivity index (χ0) is 40.5. The highest BCUT2D eigenvalue weighted by Gasteiger charge is 2.17. The first-order valence-corrected chi connectivity index (χ1v) is 17.2. The fourth-order valence-electron chi connectivity index (χ4n) is 7.30. The van der Waals surface area contributed by atoms with E-state index in [0.29, 0.717) is 11.4 Å². The summed E-state index contributed by atoms with van der Waals surface area (Å²) in [4.78, 5) is 1.76. The van der Waals surface area contributed by atoms with Gasteiger partial charge in [-0.3, -0.25) is 0 Å². The van der Waals surface area contributed by atoms with E-state index in [9.17, 15) is 1.37 Å². The van der Waals surface area contributed by atoms with Gasteiger partial charge in [0, 0.05) is 27.5 Å². The summed E-state index contributed by atoms with van der Waals surface area (Å²) in [6.45, 7) is 0. The molecule has 0 aliphatic rings. The molecule has 2 heteroatoms. The first-order valence-electron chi connectivity index (χ1n) is 20.7. The summed E-state index contributed by atoms with van der Waals surface area (Å²) in [7, 11) is 0. The summed E-state index contributed by atoms with van der Waals surface area (Å²) in [6, 6.07) is 49.6. The summed E-state index contributed by atoms with van der Waals surface area (Å²) >= 11 is 0. The van der Waals surface area contributed by atoms with Crippen LogP contribution in [0, 0.1) is 0 Å². The SMILES string of the molecule is [2H]c1c([2H])c([2H])c2c(N(c3ccc(-c4ccc(-c5cccc6ccccc56)cc4)cc3)c3ccc(-c4cccc5oc6ccccc6c45)cc3)c([2H])c([2H])c([2H])c2c1[2H]. The van der Waals surface area contributed by atoms with E-state index in [4.69, 9.17) is 12.6 Å². The van der Waals surface area contributed by atoms with Crippen LogP contribution in [0.25, 0.3) is 76.9 Å². The van der Waals surface area contributed by atoms with Gasteiger partial charge in [0.05, 0.1) is 15.3 Å². The minimum absolute atomic E-state index is 0.00816. The Balaban J connectivity index is 1.11. The molecule has 1 heterocycles. The molecule has 2 nitrogen and oxygen atoms in total. The molecule has 10 aromatic rings. The van der Waals surface area contributed by atoms with E-state index in [-0.39, 0.29) is 28.5 Å². The molecule has 9 aromatic carbocycles. The van der Waals surface area contributed by atoms with Crippen molar-refractivity contribution in [2.24, 2.45) is 0 Å². The Morgan fingerprint density at radius 2 is 0.942 bits per heavy atom. The van der Waals surface area contributed by atoms with Crippen molar-refractivity contribution in [2.45, 2.75) is 0 Å². The maximum Gasteiger partial charge on any atom is 0.136 e. The number of nitrogens with zero attached hydrogens (tertiary/aromatic N) is 1. The van der Waals surface area contributed by atoms with Crippen LogP contribution < -0.4 is 4.90 Å². The first-order chi connectivity index (χ1) is 28.7. The lowest BCUT2D eigenvalue weighted by atomic mass is 9.96. The van der Waals surface area contributed by atoms with Crippen molar-refractivity contribution in [3.05, 3.63) is 200 Å². The van der Waals surface area contributed by atoms with Gasteiger partial charge in [-0.2, -0.15) is 0 Å². The molecule has 52 heavy (non-hydrogen) atoms. The highest BCUT2D eigenvalue weighted by Crippen LogP contribution is 2.42. The number of rotatable bonds is 6. The largest absolute Gasteiger partial charge is 0.456 e. The Kier molecular flexibility index (Phi) is 5.63. The van der Waals surface area contributed by atoms with Gasteiger partial charge in [-0.15, -0.1) is 0 Å². The standard InChI is InChI=1S/C50H33NO/c1-3-14-42-36(10-1)12-7-17-43(42)38-24-22-34(23-25-38)35-26-30-40(31-27-35)51(47-19-8-13-37-11-2-4-15-44(37)47)41-32-28-39(29-33-41)45-18-9-21-49-50(45)46-16-5-6-20-48(46)52-49/h1-33H/i2D,4D,8D,11D,13D,15D,19D. The third kappa shape index (κ3) is 5.12. The molecule has 0 saturated heterocycles. The molecule has 244 valence electrons. The second kappa shape index (κ2) is 12.5. The highest BCUT2D eigenvalue weighted by molar-refractivity contribution is 6.12. The van der Waals surface area contributed by atoms with E-state index in [0.717, 1.165) is 55.3 Å². The Bertz CT molecular complexity index is 3270. The van der Waals surface area contributed by atoms with E-state index < -0.39 is 30.2 Å². The molecule has 0 bridgehead atoms. The smallest absolute Gasteiger partial charge is 0.136 e. The molecule has 0 amide bonds. The molecule has 0 atom stereocenters. The van der Waals surface area contributed by atoms with Crippen LogP contribution in [0.15, 0.2) is 204 Å². The van der Waals surface area contributed by atoms with Crippen molar-refractivity contribution < 1.29 is 14.0 Å². The summed E-state index contributed by atoms with van der Waals surface area (Å²) in [5.74, 6) is 0. The summed E-state index contributed by atoms with van der Waals surface area (Å²) in [5.41, 5.74) is 9.00. The molecular weight excluding hydrogens is 631 g/mol. The molecule has 0 fully saturated rings. The lowest BCUT2D eigenvalue weighted by molar-refractivity contribution is 0.669. The van der Waals surface area contributed by atoms with Crippen molar-refractivity contribution >= 4 is 60.5 Å². The molecule has 0 saturated carbocycles. The summed E-state index contributed by atoms with van der Waals surface area (Å²) < 4.78 is 67.8. The number of hydrogen-bond donors (Lipinski definition) is 0. The molecule has 0 N–H and O–H groups in total. The Hall–Kier alpha value is -6.90. The van der Waals surface area contributed by atoms with Gasteiger partial charge in [0.25, 0.3) is 0 Å². The van der Waals surface area contributed by atoms with Crippen LogP contribution in [0.3, 0.4) is 0 Å². The quantitative estimate of drug-likeness (QED) is 0.175. The summed E-state index contributed by atoms with van der Waals surface area (Å²) in [6.07, 6.45) is 0. The zero-order valence-corrected chi connectivity index (χ0v) is 27.9. The fourth-order valence-corrected chi connectivity index (χ4v) is 7.30. The van der Waals surface area contributed by atoms with Crippen molar-refractivity contribution in [1.29, 1.82) is 0 Å². The van der Waals surface area contributed by atoms with E-state index in [1.807, 2.05) is 91.0 Å². The lowest BCUT2D eigenvalue weighted by Crippen LogP contribution is -2.10. The summed E-state index contributed by atoms with van der Waals surface area (Å²) in [5, 5.41) is 4.28. The third-order valence-electron chi connectivity index (χ3n) is 9.80. The lowest BCUT2D eigenvalue weighted by Gasteiger charge is -2.27. The average molecular weight is 671 g/mol. The van der Waals surface area contributed by atoms with E-state index in [1.54, 1.807) is 4.90 Å². The molecule has 0 radical (unpaired) electrons. The van der Waals surface area contributed by atoms with Crippen molar-refractivity contribution in [3.63, 3.8) is 0 Å². The Labute approximate surface area is 312 Å². The first kappa shape index (κ1) is 23.5. The Morgan fingerprint density at radius 1 is 0.385 bits per heavy atom. The van der Waals surface area contributed by atoms with Crippen LogP contribution in [-0.4, -0.2) is 0 Å². The second-order valence-corrected chi connectivity index (χ2v) is 12.8. The molecule has 1 aromatic heterocycles. The van der Waals surface area contributed by atoms with Gasteiger partial charge < -0.3 is 9.32 Å². The van der Waals surface area contributed by atoms with E-state index >= 15 is 0 Å². The maximum atomic E-state index is 9.27. The van der Waals surface area contributed by atoms with Crippen LogP contribution in [0.4, 0.5) is 17.1 Å². The predicted octanol–water partition coefficient (Wildman–Crippen LogP) is 14.4. The van der Waals surface area contributed by atoms with Crippen LogP contribution in [-0.2, 0) is 0 Å². The van der Waals surface area contributed by atoms with Crippen LogP contribution in [0.2, 0.25) is 0 Å². The van der Waals surface area contributed by atoms with Crippen molar-refractivity contribution in [3.8, 4) is 33.4 Å². The van der Waals surface area contributed by atoms with Gasteiger partial charge in [0.1, 0.15) is 11.2 Å². The molecular formula is C50H33NO. The number of para-hydroxylation sites is 1. The van der Waals surface area contributed by atoms with Crippen LogP contribution >= 0.6 is 0 Å². The topological polar surface area (TPSA) is 16.4 Å². The predicted molar refractivity (Wildman–Crippen MR) is 220 cm³/mol. The average Bonchev–Trinajstić information content (AvgIpc) is 3.67. The normalized spacial score (nSPS) is 13.3. The van der Waals surface area contributed by atoms with Gasteiger partial charge in [0.15, 0.2) is 0 Å². The third-order valence-corrected chi connectivity index (χ3v) is 9.80. The fraction of sp³-hybridized carbons (Fsp3) is 0. The van der Waals surface area contributed by atoms with Gasteiger partial charge in [0.2, 0.25) is 0 Å². The molecule has 10 rings (SSSR count). The number of benzene rings is 9. The number of furan rings is 1. The molecule has 0 unspecified atom stereocenters. The van der Waals surface area contributed by atoms with Crippen molar-refractivity contribution in [2.75, 3.05) is 4.90 Å². The van der Waals surface area contributed by atoms with Gasteiger partial charge >= 0.3 is 0 Å². The monoisotopic (exact) mass is 670 g/mol. The van der Waals surface area contributed by atoms with Crippen LogP contribution in [0.1, 0.15) is 9.60 Å². The molecule has 0 aliphatic carbocycles. The number of anilines is 3. The van der Waals surface area contributed by atoms with E-state index in [2.05, 4.69) is 66.7 Å². The number of fused-ring (bicyclic) bond motifs is 5. The highest BCUT2D eigenvalue weighted by atomic mass is 16.3. The van der Waals surface area contributed by atoms with Gasteiger partial charge in [-0.25, -0.2) is 0 Å². The second-order valence-electron chi connectivity index (χ2n) is 12.8. The minimum atomic E-state index is -0.494. The van der Waals surface area contributed by atoms with Crippen LogP contribution in [0.5, 0.6) is 0 Å². The van der Waals surface area contributed by atoms with Gasteiger partial charge in [-0.05, 0) is 92.0 Å². The molecule has 0 spiro atoms. The van der Waals surface area contributed by atoms with Crippen molar-refractivity contribution in [1.82, 2.24) is 0 Å². The maximum absolute atomic E-state index is 9.27. The van der Waals surface area contributed by atoms with Gasteiger partial charge in [-0.1, -0.05) is 158 Å².